The van der Waals surface area contributed by atoms with E-state index >= 15 is 0 Å². The first kappa shape index (κ1) is 16.3. The van der Waals surface area contributed by atoms with E-state index in [0.29, 0.717) is 22.1 Å². The molecule has 1 N–H and O–H groups in total. The van der Waals surface area contributed by atoms with Crippen molar-refractivity contribution in [2.75, 3.05) is 14.2 Å². The maximum atomic E-state index is 5.50. The number of rotatable bonds is 4. The quantitative estimate of drug-likeness (QED) is 0.551. The maximum absolute atomic E-state index is 5.50. The van der Waals surface area contributed by atoms with Crippen molar-refractivity contribution < 1.29 is 9.47 Å². The van der Waals surface area contributed by atoms with E-state index in [0.717, 1.165) is 22.2 Å². The van der Waals surface area contributed by atoms with E-state index in [-0.39, 0.29) is 0 Å². The lowest BCUT2D eigenvalue weighted by molar-refractivity contribution is 0.394. The topological polar surface area (TPSA) is 65.0 Å². The molecule has 0 atom stereocenters. The molecule has 0 saturated carbocycles. The number of methoxy groups -OCH3 is 2. The first-order valence-corrected chi connectivity index (χ1v) is 8.37. The van der Waals surface area contributed by atoms with Crippen molar-refractivity contribution in [3.8, 4) is 28.6 Å². The zero-order valence-corrected chi connectivity index (χ0v) is 15.1. The summed E-state index contributed by atoms with van der Waals surface area (Å²) in [6.07, 6.45) is 1.77. The van der Waals surface area contributed by atoms with Crippen LogP contribution in [0.3, 0.4) is 0 Å². The Morgan fingerprint density at radius 3 is 2.46 bits per heavy atom. The molecular weight excluding hydrogens is 348 g/mol. The van der Waals surface area contributed by atoms with E-state index in [1.165, 1.54) is 0 Å². The molecule has 0 aliphatic heterocycles. The largest absolute Gasteiger partial charge is 0.497 e. The Hall–Kier alpha value is -3.19. The molecule has 130 valence electrons. The minimum absolute atomic E-state index is 0.498. The Labute approximate surface area is 155 Å². The van der Waals surface area contributed by atoms with Crippen LogP contribution in [0, 0.1) is 4.77 Å². The number of pyridine rings is 1. The van der Waals surface area contributed by atoms with Gasteiger partial charge in [-0.1, -0.05) is 18.2 Å². The summed E-state index contributed by atoms with van der Waals surface area (Å²) in [6, 6.07) is 15.5. The monoisotopic (exact) mass is 364 g/mol. The summed E-state index contributed by atoms with van der Waals surface area (Å²) in [5, 5.41) is 8.31. The standard InChI is InChI=1S/C19H16N4O2S/c1-24-13-9-12(10-14(11-13)25-2)18-21-22-19(26)23(18)17-7-8-20-16-6-4-3-5-15(16)17/h3-11H,1-2H3,(H,22,26). The summed E-state index contributed by atoms with van der Waals surface area (Å²) in [4.78, 5) is 4.42. The third kappa shape index (κ3) is 2.72. The van der Waals surface area contributed by atoms with Gasteiger partial charge in [0.05, 0.1) is 25.4 Å². The normalized spacial score (nSPS) is 10.8. The van der Waals surface area contributed by atoms with Crippen LogP contribution in [0.5, 0.6) is 11.5 Å². The molecule has 0 saturated heterocycles. The molecule has 4 rings (SSSR count). The van der Waals surface area contributed by atoms with Crippen molar-refractivity contribution in [2.24, 2.45) is 0 Å². The fraction of sp³-hybridized carbons (Fsp3) is 0.105. The van der Waals surface area contributed by atoms with E-state index in [1.807, 2.05) is 53.1 Å². The molecule has 0 aliphatic carbocycles. The number of fused-ring (bicyclic) bond motifs is 1. The lowest BCUT2D eigenvalue weighted by Gasteiger charge is -2.12. The Kier molecular flexibility index (Phi) is 4.14. The van der Waals surface area contributed by atoms with E-state index in [1.54, 1.807) is 20.4 Å². The summed E-state index contributed by atoms with van der Waals surface area (Å²) in [6.45, 7) is 0. The minimum Gasteiger partial charge on any atom is -0.497 e. The number of hydrogen-bond donors (Lipinski definition) is 1. The van der Waals surface area contributed by atoms with Crippen LogP contribution < -0.4 is 9.47 Å². The number of nitrogens with zero attached hydrogens (tertiary/aromatic N) is 3. The highest BCUT2D eigenvalue weighted by atomic mass is 32.1. The summed E-state index contributed by atoms with van der Waals surface area (Å²) < 4.78 is 13.2. The summed E-state index contributed by atoms with van der Waals surface area (Å²) >= 11 is 5.50. The van der Waals surface area contributed by atoms with Gasteiger partial charge >= 0.3 is 0 Å². The Morgan fingerprint density at radius 1 is 1.00 bits per heavy atom. The number of hydrogen-bond acceptors (Lipinski definition) is 5. The van der Waals surface area contributed by atoms with E-state index in [4.69, 9.17) is 21.7 Å². The van der Waals surface area contributed by atoms with Gasteiger partial charge in [0.1, 0.15) is 11.5 Å². The molecule has 0 fully saturated rings. The van der Waals surface area contributed by atoms with Crippen LogP contribution in [-0.2, 0) is 0 Å². The zero-order chi connectivity index (χ0) is 18.1. The van der Waals surface area contributed by atoms with Gasteiger partial charge in [-0.15, -0.1) is 0 Å². The number of aromatic amines is 1. The summed E-state index contributed by atoms with van der Waals surface area (Å²) in [5.74, 6) is 2.03. The lowest BCUT2D eigenvalue weighted by atomic mass is 10.1. The third-order valence-electron chi connectivity index (χ3n) is 4.15. The first-order chi connectivity index (χ1) is 12.7. The highest BCUT2D eigenvalue weighted by Crippen LogP contribution is 2.31. The van der Waals surface area contributed by atoms with Crippen LogP contribution in [0.1, 0.15) is 0 Å². The molecule has 4 aromatic rings. The van der Waals surface area contributed by atoms with Gasteiger partial charge in [-0.05, 0) is 36.5 Å². The third-order valence-corrected chi connectivity index (χ3v) is 4.42. The molecule has 2 aromatic heterocycles. The second kappa shape index (κ2) is 6.61. The molecular formula is C19H16N4O2S. The van der Waals surface area contributed by atoms with Crippen molar-refractivity contribution in [3.05, 3.63) is 59.5 Å². The van der Waals surface area contributed by atoms with Crippen molar-refractivity contribution >= 4 is 23.1 Å². The number of benzene rings is 2. The van der Waals surface area contributed by atoms with Gasteiger partial charge in [-0.25, -0.2) is 0 Å². The molecule has 0 bridgehead atoms. The molecule has 0 amide bonds. The number of aromatic nitrogens is 4. The Bertz CT molecular complexity index is 1120. The molecule has 6 nitrogen and oxygen atoms in total. The van der Waals surface area contributed by atoms with Crippen LogP contribution in [-0.4, -0.2) is 34.0 Å². The molecule has 0 unspecified atom stereocenters. The second-order valence-electron chi connectivity index (χ2n) is 5.64. The van der Waals surface area contributed by atoms with Gasteiger partial charge in [-0.2, -0.15) is 5.10 Å². The van der Waals surface area contributed by atoms with Crippen LogP contribution in [0.2, 0.25) is 0 Å². The average Bonchev–Trinajstić information content (AvgIpc) is 3.08. The minimum atomic E-state index is 0.498. The SMILES string of the molecule is COc1cc(OC)cc(-c2n[nH]c(=S)n2-c2ccnc3ccccc23)c1. The van der Waals surface area contributed by atoms with Gasteiger partial charge in [-0.3, -0.25) is 14.6 Å². The predicted molar refractivity (Wildman–Crippen MR) is 103 cm³/mol. The number of H-pyrrole nitrogens is 1. The lowest BCUT2D eigenvalue weighted by Crippen LogP contribution is -2.00. The molecule has 26 heavy (non-hydrogen) atoms. The summed E-state index contributed by atoms with van der Waals surface area (Å²) in [7, 11) is 3.23. The number of nitrogens with one attached hydrogen (secondary N) is 1. The molecule has 2 aromatic carbocycles. The molecule has 0 radical (unpaired) electrons. The molecule has 0 spiro atoms. The van der Waals surface area contributed by atoms with Crippen molar-refractivity contribution in [3.63, 3.8) is 0 Å². The van der Waals surface area contributed by atoms with Crippen molar-refractivity contribution in [2.45, 2.75) is 0 Å². The Balaban J connectivity index is 1.99. The smallest absolute Gasteiger partial charge is 0.200 e. The second-order valence-corrected chi connectivity index (χ2v) is 6.02. The van der Waals surface area contributed by atoms with Gasteiger partial charge in [0, 0.05) is 23.2 Å². The van der Waals surface area contributed by atoms with E-state index in [2.05, 4.69) is 15.2 Å². The molecule has 2 heterocycles. The van der Waals surface area contributed by atoms with Crippen molar-refractivity contribution in [1.29, 1.82) is 0 Å². The summed E-state index contributed by atoms with van der Waals surface area (Å²) in [5.41, 5.74) is 2.63. The van der Waals surface area contributed by atoms with Gasteiger partial charge in [0.25, 0.3) is 0 Å². The zero-order valence-electron chi connectivity index (χ0n) is 14.3. The first-order valence-electron chi connectivity index (χ1n) is 7.96. The van der Waals surface area contributed by atoms with Gasteiger partial charge in [0.2, 0.25) is 0 Å². The van der Waals surface area contributed by atoms with Crippen LogP contribution in [0.4, 0.5) is 0 Å². The van der Waals surface area contributed by atoms with Crippen LogP contribution >= 0.6 is 12.2 Å². The van der Waals surface area contributed by atoms with Crippen LogP contribution in [0.25, 0.3) is 28.0 Å². The van der Waals surface area contributed by atoms with Gasteiger partial charge < -0.3 is 9.47 Å². The van der Waals surface area contributed by atoms with E-state index in [9.17, 15) is 0 Å². The Morgan fingerprint density at radius 2 is 1.73 bits per heavy atom. The maximum Gasteiger partial charge on any atom is 0.200 e. The average molecular weight is 364 g/mol. The van der Waals surface area contributed by atoms with E-state index < -0.39 is 0 Å². The molecule has 0 aliphatic rings. The van der Waals surface area contributed by atoms with Crippen molar-refractivity contribution in [1.82, 2.24) is 19.7 Å². The highest BCUT2D eigenvalue weighted by molar-refractivity contribution is 7.71. The predicted octanol–water partition coefficient (Wildman–Crippen LogP) is 4.16. The van der Waals surface area contributed by atoms with Gasteiger partial charge in [0.15, 0.2) is 10.6 Å². The molecule has 7 heteroatoms. The number of ether oxygens (including phenoxy) is 2. The fourth-order valence-electron chi connectivity index (χ4n) is 2.93. The fourth-order valence-corrected chi connectivity index (χ4v) is 3.16. The highest BCUT2D eigenvalue weighted by Gasteiger charge is 2.15. The van der Waals surface area contributed by atoms with Crippen LogP contribution in [0.15, 0.2) is 54.7 Å². The number of para-hydroxylation sites is 1.